The van der Waals surface area contributed by atoms with Crippen molar-refractivity contribution in [3.8, 4) is 0 Å². The van der Waals surface area contributed by atoms with Crippen molar-refractivity contribution in [1.82, 2.24) is 0 Å². The molecule has 1 rings (SSSR count). The summed E-state index contributed by atoms with van der Waals surface area (Å²) < 4.78 is 0. The molecule has 0 atom stereocenters. The summed E-state index contributed by atoms with van der Waals surface area (Å²) in [5.74, 6) is 0. The number of rotatable bonds is 3. The third-order valence-electron chi connectivity index (χ3n) is 2.81. The lowest BCUT2D eigenvalue weighted by Gasteiger charge is -2.13. The van der Waals surface area contributed by atoms with E-state index in [1.54, 1.807) is 0 Å². The van der Waals surface area contributed by atoms with Gasteiger partial charge < -0.3 is 0 Å². The highest BCUT2D eigenvalue weighted by Gasteiger charge is 2.07. The Balaban J connectivity index is 0. The fraction of sp³-hybridized carbons (Fsp3) is 0.300. The van der Waals surface area contributed by atoms with Crippen molar-refractivity contribution in [1.29, 1.82) is 0 Å². The first-order valence-electron chi connectivity index (χ1n) is 7.17. The molecule has 0 spiro atoms. The first-order chi connectivity index (χ1) is 9.65. The maximum atomic E-state index is 3.90. The van der Waals surface area contributed by atoms with Crippen LogP contribution in [0.15, 0.2) is 38.0 Å². The van der Waals surface area contributed by atoms with Crippen LogP contribution in [0.25, 0.3) is 18.2 Å². The van der Waals surface area contributed by atoms with Crippen LogP contribution in [0.2, 0.25) is 0 Å². The summed E-state index contributed by atoms with van der Waals surface area (Å²) in [4.78, 5) is 0. The monoisotopic (exact) mass is 270 g/mol. The van der Waals surface area contributed by atoms with Crippen LogP contribution in [-0.4, -0.2) is 0 Å². The predicted molar refractivity (Wildman–Crippen MR) is 98.0 cm³/mol. The van der Waals surface area contributed by atoms with E-state index in [1.807, 2.05) is 33.8 Å². The fourth-order valence-corrected chi connectivity index (χ4v) is 1.99. The van der Waals surface area contributed by atoms with Crippen molar-refractivity contribution in [2.75, 3.05) is 0 Å². The van der Waals surface area contributed by atoms with E-state index in [9.17, 15) is 0 Å². The Bertz CT molecular complexity index is 459. The molecule has 0 unspecified atom stereocenters. The highest BCUT2D eigenvalue weighted by atomic mass is 14.1. The molecule has 0 radical (unpaired) electrons. The highest BCUT2D eigenvalue weighted by molar-refractivity contribution is 5.74. The molecule has 0 bridgehead atoms. The van der Waals surface area contributed by atoms with Gasteiger partial charge in [-0.1, -0.05) is 56.9 Å². The van der Waals surface area contributed by atoms with Gasteiger partial charge in [-0.3, -0.25) is 0 Å². The molecule has 0 saturated carbocycles. The SMILES string of the molecule is C=C.C=Cc1c(C)cc(/C=C\C)c(C)c1/C=C\C.CC. The topological polar surface area (TPSA) is 0 Å². The maximum Gasteiger partial charge on any atom is -0.0150 e. The molecule has 0 aliphatic carbocycles. The van der Waals surface area contributed by atoms with Gasteiger partial charge in [0.2, 0.25) is 0 Å². The van der Waals surface area contributed by atoms with E-state index in [-0.39, 0.29) is 0 Å². The van der Waals surface area contributed by atoms with E-state index in [0.29, 0.717) is 0 Å². The quantitative estimate of drug-likeness (QED) is 0.527. The minimum atomic E-state index is 1.24. The Morgan fingerprint density at radius 3 is 1.80 bits per heavy atom. The van der Waals surface area contributed by atoms with Crippen LogP contribution in [0, 0.1) is 13.8 Å². The molecule has 0 heteroatoms. The van der Waals surface area contributed by atoms with Crippen LogP contribution < -0.4 is 0 Å². The molecule has 0 aromatic heterocycles. The molecule has 1 aromatic carbocycles. The first-order valence-corrected chi connectivity index (χ1v) is 7.17. The molecule has 0 heterocycles. The van der Waals surface area contributed by atoms with Crippen molar-refractivity contribution in [3.05, 3.63) is 65.8 Å². The molecular weight excluding hydrogens is 240 g/mol. The minimum absolute atomic E-state index is 1.24. The zero-order valence-corrected chi connectivity index (χ0v) is 14.1. The van der Waals surface area contributed by atoms with Gasteiger partial charge in [0.05, 0.1) is 0 Å². The zero-order chi connectivity index (χ0) is 16.1. The average molecular weight is 270 g/mol. The van der Waals surface area contributed by atoms with Crippen molar-refractivity contribution < 1.29 is 0 Å². The maximum absolute atomic E-state index is 3.90. The lowest BCUT2D eigenvalue weighted by molar-refractivity contribution is 1.33. The van der Waals surface area contributed by atoms with E-state index in [4.69, 9.17) is 0 Å². The molecule has 110 valence electrons. The van der Waals surface area contributed by atoms with E-state index in [1.165, 1.54) is 27.8 Å². The standard InChI is InChI=1S/C16H20.C2H6.C2H4/c1-6-9-14-11-12(4)15(8-3)16(10-7-2)13(14)5;2*1-2/h6-11H,3H2,1-2,4-5H3;1-2H3;1-2H2/b9-6-,10-7-;;. The summed E-state index contributed by atoms with van der Waals surface area (Å²) >= 11 is 0. The molecule has 0 amide bonds. The fourth-order valence-electron chi connectivity index (χ4n) is 1.99. The Labute approximate surface area is 126 Å². The van der Waals surface area contributed by atoms with Gasteiger partial charge >= 0.3 is 0 Å². The lowest BCUT2D eigenvalue weighted by Crippen LogP contribution is -1.94. The second-order valence-electron chi connectivity index (χ2n) is 3.94. The molecule has 0 saturated heterocycles. The smallest absolute Gasteiger partial charge is 0.0150 e. The van der Waals surface area contributed by atoms with E-state index in [2.05, 4.69) is 64.0 Å². The molecule has 0 N–H and O–H groups in total. The number of aryl methyl sites for hydroxylation is 1. The summed E-state index contributed by atoms with van der Waals surface area (Å²) in [5, 5.41) is 0. The van der Waals surface area contributed by atoms with Crippen LogP contribution in [0.3, 0.4) is 0 Å². The summed E-state index contributed by atoms with van der Waals surface area (Å²) in [6.45, 7) is 22.3. The third kappa shape index (κ3) is 5.44. The number of benzene rings is 1. The second kappa shape index (κ2) is 12.2. The highest BCUT2D eigenvalue weighted by Crippen LogP contribution is 2.26. The van der Waals surface area contributed by atoms with E-state index in [0.717, 1.165) is 0 Å². The molecule has 0 fully saturated rings. The molecule has 0 nitrogen and oxygen atoms in total. The molecular formula is C20H30. The Hall–Kier alpha value is -1.82. The summed E-state index contributed by atoms with van der Waals surface area (Å²) in [7, 11) is 0. The molecule has 1 aromatic rings. The van der Waals surface area contributed by atoms with Gasteiger partial charge in [-0.2, -0.15) is 0 Å². The van der Waals surface area contributed by atoms with E-state index < -0.39 is 0 Å². The van der Waals surface area contributed by atoms with Gasteiger partial charge in [0.15, 0.2) is 0 Å². The van der Waals surface area contributed by atoms with E-state index >= 15 is 0 Å². The molecule has 0 aliphatic heterocycles. The summed E-state index contributed by atoms with van der Waals surface area (Å²) in [6, 6.07) is 2.22. The van der Waals surface area contributed by atoms with Gasteiger partial charge in [-0.05, 0) is 55.5 Å². The predicted octanol–water partition coefficient (Wildman–Crippen LogP) is 6.84. The molecule has 0 aliphatic rings. The summed E-state index contributed by atoms with van der Waals surface area (Å²) in [5.41, 5.74) is 6.41. The normalized spacial score (nSPS) is 9.70. The van der Waals surface area contributed by atoms with Crippen molar-refractivity contribution >= 4 is 18.2 Å². The van der Waals surface area contributed by atoms with Gasteiger partial charge in [0, 0.05) is 0 Å². The first kappa shape index (κ1) is 20.5. The van der Waals surface area contributed by atoms with Gasteiger partial charge in [-0.15, -0.1) is 13.2 Å². The lowest BCUT2D eigenvalue weighted by atomic mass is 9.92. The second-order valence-corrected chi connectivity index (χ2v) is 3.94. The largest absolute Gasteiger partial charge is 0.106 e. The Kier molecular flexibility index (Phi) is 12.5. The van der Waals surface area contributed by atoms with Crippen molar-refractivity contribution in [2.24, 2.45) is 0 Å². The minimum Gasteiger partial charge on any atom is -0.106 e. The average Bonchev–Trinajstić information content (AvgIpc) is 2.49. The van der Waals surface area contributed by atoms with Crippen LogP contribution in [0.1, 0.15) is 55.5 Å². The number of hydrogen-bond donors (Lipinski definition) is 0. The van der Waals surface area contributed by atoms with Gasteiger partial charge in [0.25, 0.3) is 0 Å². The number of allylic oxidation sites excluding steroid dienone is 2. The molecule has 20 heavy (non-hydrogen) atoms. The number of hydrogen-bond acceptors (Lipinski definition) is 0. The van der Waals surface area contributed by atoms with Crippen LogP contribution in [-0.2, 0) is 0 Å². The van der Waals surface area contributed by atoms with Crippen LogP contribution in [0.5, 0.6) is 0 Å². The van der Waals surface area contributed by atoms with Crippen LogP contribution >= 0.6 is 0 Å². The van der Waals surface area contributed by atoms with Crippen LogP contribution in [0.4, 0.5) is 0 Å². The zero-order valence-electron chi connectivity index (χ0n) is 14.1. The van der Waals surface area contributed by atoms with Crippen molar-refractivity contribution in [2.45, 2.75) is 41.5 Å². The Morgan fingerprint density at radius 1 is 0.900 bits per heavy atom. The third-order valence-corrected chi connectivity index (χ3v) is 2.81. The summed E-state index contributed by atoms with van der Waals surface area (Å²) in [6.07, 6.45) is 10.4. The van der Waals surface area contributed by atoms with Gasteiger partial charge in [0.1, 0.15) is 0 Å². The van der Waals surface area contributed by atoms with Gasteiger partial charge in [-0.25, -0.2) is 0 Å². The van der Waals surface area contributed by atoms with Crippen molar-refractivity contribution in [3.63, 3.8) is 0 Å². The Morgan fingerprint density at radius 2 is 1.40 bits per heavy atom.